The molecular weight excluding hydrogens is 292 g/mol. The third-order valence-corrected chi connectivity index (χ3v) is 5.79. The van der Waals surface area contributed by atoms with Crippen LogP contribution in [-0.2, 0) is 14.3 Å². The second-order valence-electron chi connectivity index (χ2n) is 9.64. The molecule has 4 nitrogen and oxygen atoms in total. The molecule has 0 heterocycles. The molecule has 0 amide bonds. The summed E-state index contributed by atoms with van der Waals surface area (Å²) in [5, 5.41) is 10.7. The largest absolute Gasteiger partial charge is 0.458 e. The molecule has 132 valence electrons. The van der Waals surface area contributed by atoms with Gasteiger partial charge in [0.25, 0.3) is 0 Å². The Morgan fingerprint density at radius 2 is 1.52 bits per heavy atom. The van der Waals surface area contributed by atoms with E-state index in [2.05, 4.69) is 0 Å². The van der Waals surface area contributed by atoms with E-state index in [0.717, 1.165) is 17.8 Å². The highest BCUT2D eigenvalue weighted by molar-refractivity contribution is 5.71. The lowest BCUT2D eigenvalue weighted by molar-refractivity contribution is -0.232. The molecule has 4 bridgehead atoms. The number of rotatable bonds is 5. The number of carbonyl (C=O) groups is 1. The molecule has 4 saturated carbocycles. The van der Waals surface area contributed by atoms with E-state index < -0.39 is 17.4 Å². The minimum absolute atomic E-state index is 0.184. The summed E-state index contributed by atoms with van der Waals surface area (Å²) in [6, 6.07) is 0. The summed E-state index contributed by atoms with van der Waals surface area (Å²) in [5.74, 6) is 0.889. The van der Waals surface area contributed by atoms with E-state index in [1.807, 2.05) is 20.8 Å². The van der Waals surface area contributed by atoms with Crippen molar-refractivity contribution in [3.63, 3.8) is 0 Å². The minimum Gasteiger partial charge on any atom is -0.458 e. The van der Waals surface area contributed by atoms with E-state index in [4.69, 9.17) is 9.47 Å². The van der Waals surface area contributed by atoms with Gasteiger partial charge in [0.1, 0.15) is 12.2 Å². The Bertz CT molecular complexity index is 425. The first-order valence-corrected chi connectivity index (χ1v) is 9.12. The quantitative estimate of drug-likeness (QED) is 0.619. The lowest BCUT2D eigenvalue weighted by Crippen LogP contribution is -2.50. The molecule has 4 aliphatic carbocycles. The van der Waals surface area contributed by atoms with Crippen LogP contribution >= 0.6 is 0 Å². The molecule has 1 N–H and O–H groups in total. The summed E-state index contributed by atoms with van der Waals surface area (Å²) >= 11 is 0. The van der Waals surface area contributed by atoms with Gasteiger partial charge in [0, 0.05) is 6.42 Å². The number of carbonyl (C=O) groups excluding carboxylic acids is 1. The molecular formula is C19H32O4. The second kappa shape index (κ2) is 5.73. The Kier molecular flexibility index (Phi) is 4.29. The fourth-order valence-electron chi connectivity index (χ4n) is 5.84. The molecule has 23 heavy (non-hydrogen) atoms. The maximum Gasteiger partial charge on any atom is 0.332 e. The molecule has 1 atom stereocenters. The van der Waals surface area contributed by atoms with Gasteiger partial charge >= 0.3 is 5.97 Å². The van der Waals surface area contributed by atoms with Gasteiger partial charge < -0.3 is 14.6 Å². The Morgan fingerprint density at radius 1 is 1.04 bits per heavy atom. The Labute approximate surface area is 139 Å². The normalized spacial score (nSPS) is 38.4. The Balaban J connectivity index is 1.55. The lowest BCUT2D eigenvalue weighted by atomic mass is 9.48. The molecule has 0 radical (unpaired) electrons. The molecule has 4 fully saturated rings. The van der Waals surface area contributed by atoms with Crippen molar-refractivity contribution in [1.82, 2.24) is 0 Å². The molecule has 0 aromatic rings. The monoisotopic (exact) mass is 324 g/mol. The average Bonchev–Trinajstić information content (AvgIpc) is 2.31. The molecule has 0 aromatic carbocycles. The zero-order chi connectivity index (χ0) is 16.9. The lowest BCUT2D eigenvalue weighted by Gasteiger charge is -2.58. The molecule has 0 aliphatic heterocycles. The standard InChI is InChI=1S/C19H32O4/c1-17(2,3)23-16(20)11-22-18(4,21)12-19-8-13-5-14(9-19)7-15(6-13)10-19/h13-15,21H,5-12H2,1-4H3. The Morgan fingerprint density at radius 3 is 1.96 bits per heavy atom. The van der Waals surface area contributed by atoms with E-state index in [9.17, 15) is 9.90 Å². The topological polar surface area (TPSA) is 55.8 Å². The van der Waals surface area contributed by atoms with Crippen LogP contribution in [0.25, 0.3) is 0 Å². The predicted molar refractivity (Wildman–Crippen MR) is 87.6 cm³/mol. The van der Waals surface area contributed by atoms with Crippen molar-refractivity contribution in [2.24, 2.45) is 23.2 Å². The zero-order valence-electron chi connectivity index (χ0n) is 15.1. The van der Waals surface area contributed by atoms with Crippen LogP contribution in [0.15, 0.2) is 0 Å². The smallest absolute Gasteiger partial charge is 0.332 e. The number of hydrogen-bond acceptors (Lipinski definition) is 4. The maximum atomic E-state index is 11.8. The van der Waals surface area contributed by atoms with Crippen LogP contribution in [-0.4, -0.2) is 29.1 Å². The van der Waals surface area contributed by atoms with E-state index in [0.29, 0.717) is 6.42 Å². The van der Waals surface area contributed by atoms with Gasteiger partial charge in [0.2, 0.25) is 0 Å². The zero-order valence-corrected chi connectivity index (χ0v) is 15.1. The van der Waals surface area contributed by atoms with Crippen LogP contribution < -0.4 is 0 Å². The fraction of sp³-hybridized carbons (Fsp3) is 0.947. The SMILES string of the molecule is CC(C)(C)OC(=O)COC(C)(O)CC12CC3CC(CC(C3)C1)C2. The number of ether oxygens (including phenoxy) is 2. The van der Waals surface area contributed by atoms with Crippen molar-refractivity contribution >= 4 is 5.97 Å². The van der Waals surface area contributed by atoms with Crippen LogP contribution in [0.4, 0.5) is 0 Å². The summed E-state index contributed by atoms with van der Waals surface area (Å²) in [5.41, 5.74) is -0.293. The minimum atomic E-state index is -1.25. The van der Waals surface area contributed by atoms with Gasteiger partial charge in [-0.15, -0.1) is 0 Å². The molecule has 1 unspecified atom stereocenters. The van der Waals surface area contributed by atoms with Crippen molar-refractivity contribution in [1.29, 1.82) is 0 Å². The highest BCUT2D eigenvalue weighted by atomic mass is 16.6. The number of aliphatic hydroxyl groups is 1. The summed E-state index contributed by atoms with van der Waals surface area (Å²) < 4.78 is 10.8. The first kappa shape index (κ1) is 17.2. The third-order valence-electron chi connectivity index (χ3n) is 5.79. The predicted octanol–water partition coefficient (Wildman–Crippen LogP) is 3.66. The van der Waals surface area contributed by atoms with Crippen molar-refractivity contribution in [3.8, 4) is 0 Å². The maximum absolute atomic E-state index is 11.8. The second-order valence-corrected chi connectivity index (χ2v) is 9.64. The Hall–Kier alpha value is -0.610. The highest BCUT2D eigenvalue weighted by Crippen LogP contribution is 2.62. The molecule has 4 rings (SSSR count). The van der Waals surface area contributed by atoms with E-state index >= 15 is 0 Å². The molecule has 4 aliphatic rings. The molecule has 0 spiro atoms. The summed E-state index contributed by atoms with van der Waals surface area (Å²) in [6.45, 7) is 7.02. The van der Waals surface area contributed by atoms with Crippen LogP contribution in [0, 0.1) is 23.2 Å². The number of esters is 1. The van der Waals surface area contributed by atoms with E-state index in [-0.39, 0.29) is 12.0 Å². The number of hydrogen-bond donors (Lipinski definition) is 1. The van der Waals surface area contributed by atoms with Gasteiger partial charge in [-0.3, -0.25) is 0 Å². The average molecular weight is 324 g/mol. The summed E-state index contributed by atoms with van der Waals surface area (Å²) in [6.07, 6.45) is 8.49. The van der Waals surface area contributed by atoms with E-state index in [1.54, 1.807) is 6.92 Å². The van der Waals surface area contributed by atoms with Crippen LogP contribution in [0.2, 0.25) is 0 Å². The third kappa shape index (κ3) is 4.27. The van der Waals surface area contributed by atoms with Gasteiger partial charge in [0.15, 0.2) is 5.79 Å². The summed E-state index contributed by atoms with van der Waals surface area (Å²) in [7, 11) is 0. The van der Waals surface area contributed by atoms with Gasteiger partial charge in [-0.25, -0.2) is 4.79 Å². The van der Waals surface area contributed by atoms with Crippen molar-refractivity contribution in [2.45, 2.75) is 84.0 Å². The first-order chi connectivity index (χ1) is 10.5. The van der Waals surface area contributed by atoms with Crippen LogP contribution in [0.5, 0.6) is 0 Å². The summed E-state index contributed by atoms with van der Waals surface area (Å²) in [4.78, 5) is 11.8. The van der Waals surface area contributed by atoms with Gasteiger partial charge in [-0.05, 0) is 89.4 Å². The molecule has 0 aromatic heterocycles. The van der Waals surface area contributed by atoms with Crippen molar-refractivity contribution < 1.29 is 19.4 Å². The van der Waals surface area contributed by atoms with Crippen molar-refractivity contribution in [3.05, 3.63) is 0 Å². The fourth-order valence-corrected chi connectivity index (χ4v) is 5.84. The van der Waals surface area contributed by atoms with Gasteiger partial charge in [0.05, 0.1) is 0 Å². The van der Waals surface area contributed by atoms with Crippen molar-refractivity contribution in [2.75, 3.05) is 6.61 Å². The van der Waals surface area contributed by atoms with Gasteiger partial charge in [-0.2, -0.15) is 0 Å². The van der Waals surface area contributed by atoms with Gasteiger partial charge in [-0.1, -0.05) is 0 Å². The van der Waals surface area contributed by atoms with Crippen LogP contribution in [0.1, 0.15) is 72.6 Å². The first-order valence-electron chi connectivity index (χ1n) is 9.12. The highest BCUT2D eigenvalue weighted by Gasteiger charge is 2.53. The molecule has 0 saturated heterocycles. The molecule has 4 heteroatoms. The van der Waals surface area contributed by atoms with Crippen LogP contribution in [0.3, 0.4) is 0 Å². The van der Waals surface area contributed by atoms with E-state index in [1.165, 1.54) is 38.5 Å².